The molecule has 0 N–H and O–H groups in total. The molecule has 1 saturated carbocycles. The van der Waals surface area contributed by atoms with Gasteiger partial charge in [-0.25, -0.2) is 0 Å². The van der Waals surface area contributed by atoms with Crippen molar-refractivity contribution in [2.45, 2.75) is 12.8 Å². The fourth-order valence-electron chi connectivity index (χ4n) is 0.568. The molecule has 0 atom stereocenters. The van der Waals surface area contributed by atoms with E-state index in [2.05, 4.69) is 0 Å². The monoisotopic (exact) mass is 129 g/mol. The van der Waals surface area contributed by atoms with Crippen molar-refractivity contribution < 1.29 is 9.47 Å². The molecule has 2 nitrogen and oxygen atoms in total. The Labute approximate surface area is 56.2 Å². The molecule has 0 aromatic heterocycles. The lowest BCUT2D eigenvalue weighted by atomic mass is 10.5. The number of methoxy groups -OCH3 is 1. The first-order chi connectivity index (χ1) is 4.43. The van der Waals surface area contributed by atoms with Crippen molar-refractivity contribution >= 4 is 0 Å². The molecule has 1 rings (SSSR count). The molecule has 1 aliphatic carbocycles. The fourth-order valence-corrected chi connectivity index (χ4v) is 0.568. The van der Waals surface area contributed by atoms with Gasteiger partial charge in [-0.3, -0.25) is 0 Å². The van der Waals surface area contributed by atoms with E-state index in [1.807, 2.05) is 6.61 Å². The number of hydrogen-bond donors (Lipinski definition) is 0. The van der Waals surface area contributed by atoms with Crippen LogP contribution in [0.1, 0.15) is 12.8 Å². The van der Waals surface area contributed by atoms with Crippen LogP contribution in [0.4, 0.5) is 0 Å². The van der Waals surface area contributed by atoms with Gasteiger partial charge in [-0.15, -0.1) is 0 Å². The van der Waals surface area contributed by atoms with E-state index in [1.165, 1.54) is 12.8 Å². The largest absolute Gasteiger partial charge is 0.382 e. The molecule has 0 unspecified atom stereocenters. The SMILES string of the molecule is COCCO[CH]C1CC1. The minimum absolute atomic E-state index is 0.698. The summed E-state index contributed by atoms with van der Waals surface area (Å²) in [5.41, 5.74) is 0. The Hall–Kier alpha value is -0.0800. The zero-order valence-electron chi connectivity index (χ0n) is 5.80. The van der Waals surface area contributed by atoms with Crippen molar-refractivity contribution in [2.75, 3.05) is 20.3 Å². The summed E-state index contributed by atoms with van der Waals surface area (Å²) < 4.78 is 9.95. The summed E-state index contributed by atoms with van der Waals surface area (Å²) in [6, 6.07) is 0. The van der Waals surface area contributed by atoms with Crippen LogP contribution >= 0.6 is 0 Å². The first kappa shape index (κ1) is 7.03. The van der Waals surface area contributed by atoms with Crippen LogP contribution in [-0.4, -0.2) is 20.3 Å². The first-order valence-electron chi connectivity index (χ1n) is 3.37. The van der Waals surface area contributed by atoms with Gasteiger partial charge in [-0.2, -0.15) is 0 Å². The Bertz CT molecular complexity index is 69.3. The number of hydrogen-bond acceptors (Lipinski definition) is 2. The number of ether oxygens (including phenoxy) is 2. The molecule has 0 amide bonds. The molecule has 0 aliphatic heterocycles. The Morgan fingerprint density at radius 1 is 1.44 bits per heavy atom. The van der Waals surface area contributed by atoms with Crippen LogP contribution in [0.25, 0.3) is 0 Å². The van der Waals surface area contributed by atoms with Gasteiger partial charge < -0.3 is 9.47 Å². The van der Waals surface area contributed by atoms with E-state index in [1.54, 1.807) is 7.11 Å². The van der Waals surface area contributed by atoms with Crippen molar-refractivity contribution in [3.8, 4) is 0 Å². The zero-order valence-corrected chi connectivity index (χ0v) is 5.80. The molecule has 53 valence electrons. The highest BCUT2D eigenvalue weighted by Gasteiger charge is 2.21. The molecule has 1 aliphatic rings. The van der Waals surface area contributed by atoms with Gasteiger partial charge in [0.15, 0.2) is 0 Å². The van der Waals surface area contributed by atoms with E-state index < -0.39 is 0 Å². The maximum Gasteiger partial charge on any atom is 0.0868 e. The minimum atomic E-state index is 0.698. The van der Waals surface area contributed by atoms with Crippen molar-refractivity contribution in [3.05, 3.63) is 6.61 Å². The highest BCUT2D eigenvalue weighted by molar-refractivity contribution is 4.80. The third-order valence-electron chi connectivity index (χ3n) is 1.32. The second kappa shape index (κ2) is 3.85. The Morgan fingerprint density at radius 3 is 2.78 bits per heavy atom. The van der Waals surface area contributed by atoms with Crippen LogP contribution < -0.4 is 0 Å². The predicted octanol–water partition coefficient (Wildman–Crippen LogP) is 1.22. The summed E-state index contributed by atoms with van der Waals surface area (Å²) in [4.78, 5) is 0. The van der Waals surface area contributed by atoms with Crippen LogP contribution in [0.15, 0.2) is 0 Å². The molecular weight excluding hydrogens is 116 g/mol. The lowest BCUT2D eigenvalue weighted by Crippen LogP contribution is -1.99. The Kier molecular flexibility index (Phi) is 3.01. The molecule has 1 radical (unpaired) electrons. The van der Waals surface area contributed by atoms with Gasteiger partial charge in [0.1, 0.15) is 0 Å². The molecular formula is C7H13O2. The molecule has 0 spiro atoms. The highest BCUT2D eigenvalue weighted by atomic mass is 16.5. The van der Waals surface area contributed by atoms with E-state index in [0.717, 1.165) is 5.92 Å². The summed E-state index contributed by atoms with van der Waals surface area (Å²) in [7, 11) is 1.68. The maximum absolute atomic E-state index is 5.15. The Morgan fingerprint density at radius 2 is 2.22 bits per heavy atom. The molecule has 0 aromatic rings. The topological polar surface area (TPSA) is 18.5 Å². The second-order valence-electron chi connectivity index (χ2n) is 2.34. The fraction of sp³-hybridized carbons (Fsp3) is 0.857. The third kappa shape index (κ3) is 3.49. The molecule has 9 heavy (non-hydrogen) atoms. The van der Waals surface area contributed by atoms with Crippen molar-refractivity contribution in [3.63, 3.8) is 0 Å². The van der Waals surface area contributed by atoms with Gasteiger partial charge in [0.25, 0.3) is 0 Å². The number of rotatable bonds is 5. The second-order valence-corrected chi connectivity index (χ2v) is 2.34. The van der Waals surface area contributed by atoms with Crippen LogP contribution in [0.2, 0.25) is 0 Å². The molecule has 0 bridgehead atoms. The van der Waals surface area contributed by atoms with E-state index in [0.29, 0.717) is 13.2 Å². The summed E-state index contributed by atoms with van der Waals surface area (Å²) in [5, 5.41) is 0. The maximum atomic E-state index is 5.15. The average Bonchev–Trinajstić information content (AvgIpc) is 2.63. The van der Waals surface area contributed by atoms with Crippen LogP contribution in [-0.2, 0) is 9.47 Å². The molecule has 2 heteroatoms. The van der Waals surface area contributed by atoms with E-state index in [9.17, 15) is 0 Å². The van der Waals surface area contributed by atoms with E-state index in [4.69, 9.17) is 9.47 Å². The van der Waals surface area contributed by atoms with Crippen molar-refractivity contribution in [1.29, 1.82) is 0 Å². The zero-order chi connectivity index (χ0) is 6.53. The highest BCUT2D eigenvalue weighted by Crippen LogP contribution is 2.31. The van der Waals surface area contributed by atoms with E-state index >= 15 is 0 Å². The first-order valence-corrected chi connectivity index (χ1v) is 3.37. The van der Waals surface area contributed by atoms with Crippen molar-refractivity contribution in [1.82, 2.24) is 0 Å². The predicted molar refractivity (Wildman–Crippen MR) is 34.9 cm³/mol. The van der Waals surface area contributed by atoms with Gasteiger partial charge in [0.2, 0.25) is 0 Å². The minimum Gasteiger partial charge on any atom is -0.382 e. The van der Waals surface area contributed by atoms with Gasteiger partial charge >= 0.3 is 0 Å². The molecule has 0 heterocycles. The quantitative estimate of drug-likeness (QED) is 0.520. The van der Waals surface area contributed by atoms with E-state index in [-0.39, 0.29) is 0 Å². The summed E-state index contributed by atoms with van der Waals surface area (Å²) in [5.74, 6) is 0.752. The summed E-state index contributed by atoms with van der Waals surface area (Å²) in [6.45, 7) is 3.33. The molecule has 0 aromatic carbocycles. The van der Waals surface area contributed by atoms with Gasteiger partial charge in [0.05, 0.1) is 19.8 Å². The van der Waals surface area contributed by atoms with Gasteiger partial charge in [-0.05, 0) is 18.8 Å². The van der Waals surface area contributed by atoms with Crippen LogP contribution in [0.3, 0.4) is 0 Å². The standard InChI is InChI=1S/C7H13O2/c1-8-4-5-9-6-7-2-3-7/h6-7H,2-5H2,1H3. The Balaban J connectivity index is 1.71. The average molecular weight is 129 g/mol. The summed E-state index contributed by atoms with van der Waals surface area (Å²) in [6.07, 6.45) is 2.62. The lowest BCUT2D eigenvalue weighted by Gasteiger charge is -1.98. The van der Waals surface area contributed by atoms with Crippen LogP contribution in [0.5, 0.6) is 0 Å². The molecule has 1 fully saturated rings. The smallest absolute Gasteiger partial charge is 0.0868 e. The van der Waals surface area contributed by atoms with Crippen molar-refractivity contribution in [2.24, 2.45) is 5.92 Å². The van der Waals surface area contributed by atoms with Gasteiger partial charge in [-0.1, -0.05) is 0 Å². The van der Waals surface area contributed by atoms with Crippen LogP contribution in [0, 0.1) is 12.5 Å². The lowest BCUT2D eigenvalue weighted by molar-refractivity contribution is 0.0986. The molecule has 0 saturated heterocycles. The normalized spacial score (nSPS) is 18.3. The van der Waals surface area contributed by atoms with Gasteiger partial charge in [0, 0.05) is 7.11 Å². The summed E-state index contributed by atoms with van der Waals surface area (Å²) >= 11 is 0. The third-order valence-corrected chi connectivity index (χ3v) is 1.32.